The normalized spacial score (nSPS) is 12.8. The quantitative estimate of drug-likeness (QED) is 0.0482. The summed E-state index contributed by atoms with van der Waals surface area (Å²) in [6.07, 6.45) is 40.3. The van der Waals surface area contributed by atoms with Crippen molar-refractivity contribution >= 4 is 17.7 Å². The standard InChI is InChI=1S/C47H94N4O3/c1-8-10-12-14-16-18-20-22-24-26-28-30-32-36-40-50(41-37-33-31-29-27-25-23-21-19-17-15-13-11-9-2)47(54)44(4)49-46(53)43(3)48-45(52)39-35-34-38-42-51(5,6)7/h43-44H,8-42H2,1-7H3,(H-,48,49,52,53)/p+1/t43-,44-/m0/s1. The fourth-order valence-electron chi connectivity index (χ4n) is 7.43. The molecule has 0 unspecified atom stereocenters. The van der Waals surface area contributed by atoms with E-state index in [1.54, 1.807) is 13.8 Å². The lowest BCUT2D eigenvalue weighted by molar-refractivity contribution is -0.870. The second-order valence-electron chi connectivity index (χ2n) is 17.9. The van der Waals surface area contributed by atoms with Gasteiger partial charge in [-0.25, -0.2) is 0 Å². The first-order valence-corrected chi connectivity index (χ1v) is 23.7. The molecule has 0 aromatic carbocycles. The average molecular weight is 764 g/mol. The molecule has 2 N–H and O–H groups in total. The predicted molar refractivity (Wildman–Crippen MR) is 234 cm³/mol. The highest BCUT2D eigenvalue weighted by Crippen LogP contribution is 2.16. The maximum Gasteiger partial charge on any atom is 0.244 e. The number of hydrogen-bond acceptors (Lipinski definition) is 3. The Morgan fingerprint density at radius 2 is 0.778 bits per heavy atom. The van der Waals surface area contributed by atoms with Gasteiger partial charge in [-0.1, -0.05) is 181 Å². The fourth-order valence-corrected chi connectivity index (χ4v) is 7.43. The molecule has 0 saturated carbocycles. The van der Waals surface area contributed by atoms with E-state index in [9.17, 15) is 14.4 Å². The molecule has 7 heteroatoms. The van der Waals surface area contributed by atoms with Gasteiger partial charge in [-0.3, -0.25) is 14.4 Å². The van der Waals surface area contributed by atoms with E-state index in [1.807, 2.05) is 4.90 Å². The van der Waals surface area contributed by atoms with Gasteiger partial charge in [-0.05, 0) is 46.0 Å². The number of unbranched alkanes of at least 4 members (excludes halogenated alkanes) is 28. The molecule has 0 rings (SSSR count). The Balaban J connectivity index is 4.57. The maximum absolute atomic E-state index is 13.6. The second kappa shape index (κ2) is 37.0. The van der Waals surface area contributed by atoms with Gasteiger partial charge in [0.05, 0.1) is 27.7 Å². The minimum Gasteiger partial charge on any atom is -0.345 e. The molecule has 7 nitrogen and oxygen atoms in total. The van der Waals surface area contributed by atoms with Crippen LogP contribution in [0.4, 0.5) is 0 Å². The summed E-state index contributed by atoms with van der Waals surface area (Å²) in [6, 6.07) is -1.27. The summed E-state index contributed by atoms with van der Waals surface area (Å²) in [5.41, 5.74) is 0. The lowest BCUT2D eigenvalue weighted by atomic mass is 10.0. The molecule has 2 atom stereocenters. The number of quaternary nitrogens is 1. The zero-order valence-corrected chi connectivity index (χ0v) is 37.5. The van der Waals surface area contributed by atoms with E-state index in [0.717, 1.165) is 69.1 Å². The molecule has 0 heterocycles. The van der Waals surface area contributed by atoms with Crippen LogP contribution >= 0.6 is 0 Å². The minimum atomic E-state index is -0.663. The first-order valence-electron chi connectivity index (χ1n) is 23.7. The van der Waals surface area contributed by atoms with Gasteiger partial charge in [0.1, 0.15) is 12.1 Å². The Morgan fingerprint density at radius 1 is 0.444 bits per heavy atom. The van der Waals surface area contributed by atoms with E-state index in [0.29, 0.717) is 6.42 Å². The Labute approximate surface area is 337 Å². The number of carbonyl (C=O) groups is 3. The van der Waals surface area contributed by atoms with Crippen molar-refractivity contribution in [2.24, 2.45) is 0 Å². The topological polar surface area (TPSA) is 78.5 Å². The van der Waals surface area contributed by atoms with Gasteiger partial charge >= 0.3 is 0 Å². The molecule has 0 fully saturated rings. The van der Waals surface area contributed by atoms with Gasteiger partial charge < -0.3 is 20.0 Å². The van der Waals surface area contributed by atoms with Crippen LogP contribution in [0.15, 0.2) is 0 Å². The molecule has 0 bridgehead atoms. The summed E-state index contributed by atoms with van der Waals surface area (Å²) in [4.78, 5) is 41.2. The van der Waals surface area contributed by atoms with Crippen LogP contribution in [0, 0.1) is 0 Å². The molecule has 0 aromatic rings. The highest BCUT2D eigenvalue weighted by atomic mass is 16.2. The van der Waals surface area contributed by atoms with E-state index in [-0.39, 0.29) is 17.7 Å². The van der Waals surface area contributed by atoms with Gasteiger partial charge in [-0.2, -0.15) is 0 Å². The highest BCUT2D eigenvalue weighted by molar-refractivity contribution is 5.91. The number of nitrogens with zero attached hydrogens (tertiary/aromatic N) is 2. The molecule has 320 valence electrons. The van der Waals surface area contributed by atoms with Gasteiger partial charge in [0.15, 0.2) is 0 Å². The van der Waals surface area contributed by atoms with Crippen LogP contribution in [0.25, 0.3) is 0 Å². The molecule has 0 aliphatic rings. The summed E-state index contributed by atoms with van der Waals surface area (Å²) in [5.74, 6) is -0.384. The van der Waals surface area contributed by atoms with Crippen molar-refractivity contribution in [3.8, 4) is 0 Å². The molecule has 0 aliphatic heterocycles. The molecular formula is C47H95N4O3+. The Morgan fingerprint density at radius 3 is 1.13 bits per heavy atom. The minimum absolute atomic E-state index is 0.00326. The van der Waals surface area contributed by atoms with Crippen molar-refractivity contribution in [2.45, 2.75) is 245 Å². The zero-order chi connectivity index (χ0) is 40.1. The zero-order valence-electron chi connectivity index (χ0n) is 37.5. The Bertz CT molecular complexity index is 842. The summed E-state index contributed by atoms with van der Waals surface area (Å²) >= 11 is 0. The van der Waals surface area contributed by atoms with E-state index < -0.39 is 12.1 Å². The summed E-state index contributed by atoms with van der Waals surface area (Å²) < 4.78 is 0.927. The molecule has 0 aromatic heterocycles. The number of nitrogens with one attached hydrogen (secondary N) is 2. The van der Waals surface area contributed by atoms with Crippen molar-refractivity contribution < 1.29 is 18.9 Å². The SMILES string of the molecule is CCCCCCCCCCCCCCCCN(CCCCCCCCCCCCCCCC)C(=O)[C@H](C)NC(=O)[C@H](C)NC(=O)CCCCC[N+](C)(C)C. The van der Waals surface area contributed by atoms with Gasteiger partial charge in [0.2, 0.25) is 17.7 Å². The number of rotatable bonds is 40. The van der Waals surface area contributed by atoms with E-state index in [4.69, 9.17) is 0 Å². The van der Waals surface area contributed by atoms with Crippen LogP contribution in [-0.4, -0.2) is 80.0 Å². The third-order valence-corrected chi connectivity index (χ3v) is 11.1. The molecule has 0 saturated heterocycles. The molecule has 0 spiro atoms. The first-order chi connectivity index (χ1) is 26.0. The molecule has 54 heavy (non-hydrogen) atoms. The second-order valence-corrected chi connectivity index (χ2v) is 17.9. The van der Waals surface area contributed by atoms with Gasteiger partial charge in [0, 0.05) is 19.5 Å². The van der Waals surface area contributed by atoms with Gasteiger partial charge in [0.25, 0.3) is 0 Å². The number of carbonyl (C=O) groups excluding carboxylic acids is 3. The number of hydrogen-bond donors (Lipinski definition) is 2. The average Bonchev–Trinajstić information content (AvgIpc) is 3.13. The number of amides is 3. The maximum atomic E-state index is 13.6. The summed E-state index contributed by atoms with van der Waals surface area (Å²) in [5, 5.41) is 5.76. The van der Waals surface area contributed by atoms with Crippen molar-refractivity contribution in [2.75, 3.05) is 40.8 Å². The molecule has 3 amide bonds. The van der Waals surface area contributed by atoms with Gasteiger partial charge in [-0.15, -0.1) is 0 Å². The van der Waals surface area contributed by atoms with Crippen molar-refractivity contribution in [3.05, 3.63) is 0 Å². The largest absolute Gasteiger partial charge is 0.345 e. The Kier molecular flexibility index (Phi) is 35.9. The van der Waals surface area contributed by atoms with Crippen LogP contribution in [0.1, 0.15) is 233 Å². The van der Waals surface area contributed by atoms with Crippen LogP contribution in [0.3, 0.4) is 0 Å². The lowest BCUT2D eigenvalue weighted by Gasteiger charge is -2.27. The molecule has 0 aliphatic carbocycles. The highest BCUT2D eigenvalue weighted by Gasteiger charge is 2.24. The van der Waals surface area contributed by atoms with E-state index in [2.05, 4.69) is 45.6 Å². The smallest absolute Gasteiger partial charge is 0.244 e. The third-order valence-electron chi connectivity index (χ3n) is 11.1. The Hall–Kier alpha value is -1.63. The predicted octanol–water partition coefficient (Wildman–Crippen LogP) is 12.1. The summed E-state index contributed by atoms with van der Waals surface area (Å²) in [7, 11) is 6.54. The fraction of sp³-hybridized carbons (Fsp3) is 0.936. The van der Waals surface area contributed by atoms with Crippen molar-refractivity contribution in [3.63, 3.8) is 0 Å². The lowest BCUT2D eigenvalue weighted by Crippen LogP contribution is -2.52. The monoisotopic (exact) mass is 764 g/mol. The first kappa shape index (κ1) is 52.4. The van der Waals surface area contributed by atoms with Crippen LogP contribution in [-0.2, 0) is 14.4 Å². The third kappa shape index (κ3) is 34.8. The van der Waals surface area contributed by atoms with E-state index in [1.165, 1.54) is 154 Å². The molecular weight excluding hydrogens is 669 g/mol. The van der Waals surface area contributed by atoms with E-state index >= 15 is 0 Å². The van der Waals surface area contributed by atoms with Crippen LogP contribution in [0.5, 0.6) is 0 Å². The van der Waals surface area contributed by atoms with Crippen LogP contribution in [0.2, 0.25) is 0 Å². The van der Waals surface area contributed by atoms with Crippen molar-refractivity contribution in [1.29, 1.82) is 0 Å². The van der Waals surface area contributed by atoms with Crippen LogP contribution < -0.4 is 10.6 Å². The summed E-state index contributed by atoms with van der Waals surface area (Å²) in [6.45, 7) is 10.7. The van der Waals surface area contributed by atoms with Crippen molar-refractivity contribution in [1.82, 2.24) is 15.5 Å². The molecule has 0 radical (unpaired) electrons.